The van der Waals surface area contributed by atoms with Crippen molar-refractivity contribution in [3.63, 3.8) is 0 Å². The summed E-state index contributed by atoms with van der Waals surface area (Å²) in [4.78, 5) is 11.5. The first kappa shape index (κ1) is 10.2. The Bertz CT molecular complexity index is 296. The molecule has 1 aromatic rings. The molecule has 0 saturated heterocycles. The topological polar surface area (TPSA) is 17.1 Å². The van der Waals surface area contributed by atoms with Crippen LogP contribution in [0.1, 0.15) is 17.3 Å². The molecule has 0 N–H and O–H groups in total. The van der Waals surface area contributed by atoms with E-state index in [1.54, 1.807) is 0 Å². The summed E-state index contributed by atoms with van der Waals surface area (Å²) in [6.45, 7) is 1.89. The fraction of sp³-hybridized carbons (Fsp3) is 0.222. The van der Waals surface area contributed by atoms with Gasteiger partial charge in [-0.1, -0.05) is 56.7 Å². The van der Waals surface area contributed by atoms with Crippen LogP contribution in [0.5, 0.6) is 0 Å². The molecular weight excluding hydrogens is 331 g/mol. The van der Waals surface area contributed by atoms with Crippen LogP contribution < -0.4 is 0 Å². The molecule has 0 bridgehead atoms. The molecule has 3 heteroatoms. The van der Waals surface area contributed by atoms with Crippen molar-refractivity contribution < 1.29 is 4.79 Å². The minimum absolute atomic E-state index is 0.0290. The Kier molecular flexibility index (Phi) is 3.71. The molecule has 64 valence electrons. The van der Waals surface area contributed by atoms with Crippen LogP contribution in [0.4, 0.5) is 0 Å². The Morgan fingerprint density at radius 2 is 2.08 bits per heavy atom. The lowest BCUT2D eigenvalue weighted by atomic mass is 10.1. The zero-order valence-corrected chi connectivity index (χ0v) is 10.3. The molecule has 0 aromatic heterocycles. The number of carbonyl (C=O) groups excluding carboxylic acids is 1. The highest BCUT2D eigenvalue weighted by atomic mass is 127. The zero-order chi connectivity index (χ0) is 9.14. The number of carbonyl (C=O) groups is 1. The van der Waals surface area contributed by atoms with Gasteiger partial charge in [-0.3, -0.25) is 4.79 Å². The van der Waals surface area contributed by atoms with Crippen molar-refractivity contribution in [1.82, 2.24) is 0 Å². The molecule has 1 rings (SSSR count). The second kappa shape index (κ2) is 4.37. The standard InChI is InChI=1S/C9H8BrIO/c1-6(11)9(12)7-4-2-3-5-8(7)10/h2-6H,1H3. The van der Waals surface area contributed by atoms with Crippen molar-refractivity contribution in [3.8, 4) is 0 Å². The minimum atomic E-state index is 0.0290. The van der Waals surface area contributed by atoms with Gasteiger partial charge in [0.05, 0.1) is 3.92 Å². The fourth-order valence-electron chi connectivity index (χ4n) is 0.875. The third kappa shape index (κ3) is 2.29. The van der Waals surface area contributed by atoms with Gasteiger partial charge in [0.25, 0.3) is 0 Å². The van der Waals surface area contributed by atoms with E-state index < -0.39 is 0 Å². The number of alkyl halides is 1. The van der Waals surface area contributed by atoms with Crippen molar-refractivity contribution in [2.75, 3.05) is 0 Å². The summed E-state index contributed by atoms with van der Waals surface area (Å²) >= 11 is 5.46. The van der Waals surface area contributed by atoms with Gasteiger partial charge in [-0.05, 0) is 13.0 Å². The van der Waals surface area contributed by atoms with Gasteiger partial charge in [0.15, 0.2) is 5.78 Å². The summed E-state index contributed by atoms with van der Waals surface area (Å²) in [6.07, 6.45) is 0. The molecule has 0 spiro atoms. The van der Waals surface area contributed by atoms with Gasteiger partial charge in [0.1, 0.15) is 0 Å². The summed E-state index contributed by atoms with van der Waals surface area (Å²) in [7, 11) is 0. The van der Waals surface area contributed by atoms with Gasteiger partial charge < -0.3 is 0 Å². The highest BCUT2D eigenvalue weighted by molar-refractivity contribution is 14.1. The molecular formula is C9H8BrIO. The molecule has 0 saturated carbocycles. The number of halogens is 2. The maximum absolute atomic E-state index is 11.5. The van der Waals surface area contributed by atoms with Crippen LogP contribution in [0.3, 0.4) is 0 Å². The SMILES string of the molecule is CC(I)C(=O)c1ccccc1Br. The van der Waals surface area contributed by atoms with Crippen LogP contribution in [-0.4, -0.2) is 9.71 Å². The van der Waals surface area contributed by atoms with Crippen LogP contribution in [0.25, 0.3) is 0 Å². The molecule has 1 nitrogen and oxygen atoms in total. The lowest BCUT2D eigenvalue weighted by Gasteiger charge is -2.03. The molecule has 1 unspecified atom stereocenters. The van der Waals surface area contributed by atoms with E-state index in [1.165, 1.54) is 0 Å². The van der Waals surface area contributed by atoms with Crippen LogP contribution >= 0.6 is 38.5 Å². The molecule has 1 aromatic carbocycles. The van der Waals surface area contributed by atoms with Gasteiger partial charge in [0, 0.05) is 10.0 Å². The largest absolute Gasteiger partial charge is 0.293 e. The molecule has 0 aliphatic carbocycles. The van der Waals surface area contributed by atoms with E-state index in [0.29, 0.717) is 0 Å². The Morgan fingerprint density at radius 1 is 1.50 bits per heavy atom. The first-order valence-electron chi connectivity index (χ1n) is 3.55. The number of hydrogen-bond donors (Lipinski definition) is 0. The molecule has 12 heavy (non-hydrogen) atoms. The maximum Gasteiger partial charge on any atom is 0.176 e. The third-order valence-corrected chi connectivity index (χ3v) is 2.76. The number of Topliss-reactive ketones (excluding diaryl/α,β-unsaturated/α-hetero) is 1. The van der Waals surface area contributed by atoms with Crippen molar-refractivity contribution in [2.45, 2.75) is 10.8 Å². The van der Waals surface area contributed by atoms with E-state index in [9.17, 15) is 4.79 Å². The summed E-state index contributed by atoms with van der Waals surface area (Å²) in [5.41, 5.74) is 0.763. The monoisotopic (exact) mass is 338 g/mol. The van der Waals surface area contributed by atoms with Gasteiger partial charge >= 0.3 is 0 Å². The zero-order valence-electron chi connectivity index (χ0n) is 6.55. The summed E-state index contributed by atoms with van der Waals surface area (Å²) < 4.78 is 0.903. The number of ketones is 1. The average molecular weight is 339 g/mol. The molecule has 0 aliphatic rings. The van der Waals surface area contributed by atoms with E-state index in [4.69, 9.17) is 0 Å². The smallest absolute Gasteiger partial charge is 0.176 e. The van der Waals surface area contributed by atoms with E-state index in [0.717, 1.165) is 10.0 Å². The van der Waals surface area contributed by atoms with Gasteiger partial charge in [-0.2, -0.15) is 0 Å². The van der Waals surface area contributed by atoms with Crippen LogP contribution in [-0.2, 0) is 0 Å². The summed E-state index contributed by atoms with van der Waals surface area (Å²) in [6, 6.07) is 7.49. The molecule has 0 amide bonds. The highest BCUT2D eigenvalue weighted by Crippen LogP contribution is 2.19. The normalized spacial score (nSPS) is 12.6. The quantitative estimate of drug-likeness (QED) is 0.458. The summed E-state index contributed by atoms with van der Waals surface area (Å²) in [5.74, 6) is 0.170. The number of benzene rings is 1. The minimum Gasteiger partial charge on any atom is -0.293 e. The Labute approximate surface area is 93.8 Å². The van der Waals surface area contributed by atoms with Gasteiger partial charge in [-0.25, -0.2) is 0 Å². The van der Waals surface area contributed by atoms with Crippen molar-refractivity contribution in [1.29, 1.82) is 0 Å². The molecule has 0 fully saturated rings. The highest BCUT2D eigenvalue weighted by Gasteiger charge is 2.13. The Balaban J connectivity index is 3.03. The summed E-state index contributed by atoms with van der Waals surface area (Å²) in [5, 5.41) is 0. The van der Waals surface area contributed by atoms with E-state index in [2.05, 4.69) is 38.5 Å². The molecule has 0 heterocycles. The van der Waals surface area contributed by atoms with Crippen molar-refractivity contribution >= 4 is 44.3 Å². The van der Waals surface area contributed by atoms with E-state index in [-0.39, 0.29) is 9.71 Å². The number of hydrogen-bond acceptors (Lipinski definition) is 1. The van der Waals surface area contributed by atoms with Crippen LogP contribution in [0, 0.1) is 0 Å². The lowest BCUT2D eigenvalue weighted by molar-refractivity contribution is 0.0998. The predicted molar refractivity (Wildman–Crippen MR) is 62.0 cm³/mol. The van der Waals surface area contributed by atoms with Gasteiger partial charge in [-0.15, -0.1) is 0 Å². The van der Waals surface area contributed by atoms with Crippen LogP contribution in [0.2, 0.25) is 0 Å². The van der Waals surface area contributed by atoms with Crippen molar-refractivity contribution in [3.05, 3.63) is 34.3 Å². The van der Waals surface area contributed by atoms with Crippen LogP contribution in [0.15, 0.2) is 28.7 Å². The third-order valence-electron chi connectivity index (χ3n) is 1.50. The molecule has 1 atom stereocenters. The lowest BCUT2D eigenvalue weighted by Crippen LogP contribution is -2.10. The van der Waals surface area contributed by atoms with Crippen molar-refractivity contribution in [2.24, 2.45) is 0 Å². The second-order valence-corrected chi connectivity index (χ2v) is 5.18. The maximum atomic E-state index is 11.5. The molecule has 0 radical (unpaired) electrons. The first-order valence-corrected chi connectivity index (χ1v) is 5.59. The predicted octanol–water partition coefficient (Wildman–Crippen LogP) is 3.46. The number of rotatable bonds is 2. The average Bonchev–Trinajstić information content (AvgIpc) is 2.04. The van der Waals surface area contributed by atoms with E-state index >= 15 is 0 Å². The second-order valence-electron chi connectivity index (χ2n) is 2.46. The Morgan fingerprint density at radius 3 is 2.58 bits per heavy atom. The van der Waals surface area contributed by atoms with E-state index in [1.807, 2.05) is 31.2 Å². The van der Waals surface area contributed by atoms with Gasteiger partial charge in [0.2, 0.25) is 0 Å². The Hall–Kier alpha value is 0.1000. The molecule has 0 aliphatic heterocycles. The fourth-order valence-corrected chi connectivity index (χ4v) is 1.69. The first-order chi connectivity index (χ1) is 5.63.